The van der Waals surface area contributed by atoms with Crippen LogP contribution in [0.3, 0.4) is 0 Å². The summed E-state index contributed by atoms with van der Waals surface area (Å²) in [4.78, 5) is 30.3. The number of thioether (sulfide) groups is 1. The number of allylic oxidation sites excluding steroid dienone is 2. The Balaban J connectivity index is 1.08. The molecule has 22 heteroatoms. The summed E-state index contributed by atoms with van der Waals surface area (Å²) in [6, 6.07) is 9.57. The van der Waals surface area contributed by atoms with Gasteiger partial charge in [-0.1, -0.05) is 75.4 Å². The van der Waals surface area contributed by atoms with Gasteiger partial charge >= 0.3 is 11.9 Å². The second kappa shape index (κ2) is 30.2. The number of carbonyl (C=O) groups is 2. The zero-order chi connectivity index (χ0) is 60.4. The number of hydrogen-bond donors (Lipinski definition) is 3. The van der Waals surface area contributed by atoms with Crippen LogP contribution in [0.4, 0.5) is 0 Å². The van der Waals surface area contributed by atoms with E-state index in [1.54, 1.807) is 37.4 Å². The maximum Gasteiger partial charge on any atom is 0.308 e. The lowest BCUT2D eigenvalue weighted by atomic mass is 9.82. The molecule has 1 aromatic carbocycles. The summed E-state index contributed by atoms with van der Waals surface area (Å²) >= 11 is 1.65. The smallest absolute Gasteiger partial charge is 0.308 e. The second-order valence-corrected chi connectivity index (χ2v) is 31.4. The van der Waals surface area contributed by atoms with Gasteiger partial charge in [-0.05, 0) is 130 Å². The first-order valence-corrected chi connectivity index (χ1v) is 34.0. The van der Waals surface area contributed by atoms with Crippen LogP contribution in [-0.4, -0.2) is 189 Å². The van der Waals surface area contributed by atoms with Gasteiger partial charge in [-0.25, -0.2) is 4.68 Å². The first-order chi connectivity index (χ1) is 39.2. The molecule has 5 aliphatic heterocycles. The fraction of sp³-hybridized carbons (Fsp3) is 0.770. The molecule has 3 N–H and O–H groups in total. The van der Waals surface area contributed by atoms with Gasteiger partial charge in [0.05, 0.1) is 60.7 Å². The second-order valence-electron chi connectivity index (χ2n) is 25.6. The van der Waals surface area contributed by atoms with E-state index in [4.69, 9.17) is 51.8 Å². The van der Waals surface area contributed by atoms with E-state index >= 15 is 0 Å². The highest BCUT2D eigenvalue weighted by Crippen LogP contribution is 2.44. The molecule has 1 unspecified atom stereocenters. The number of esters is 2. The predicted molar refractivity (Wildman–Crippen MR) is 316 cm³/mol. The Morgan fingerprint density at radius 2 is 1.66 bits per heavy atom. The zero-order valence-electron chi connectivity index (χ0n) is 51.9. The van der Waals surface area contributed by atoms with Gasteiger partial charge in [0.15, 0.2) is 33.3 Å². The van der Waals surface area contributed by atoms with Crippen LogP contribution >= 0.6 is 11.8 Å². The molecule has 0 spiro atoms. The van der Waals surface area contributed by atoms with E-state index in [9.17, 15) is 19.8 Å². The number of aryl methyl sites for hydroxylation is 1. The van der Waals surface area contributed by atoms with Crippen molar-refractivity contribution in [2.24, 2.45) is 11.8 Å². The first-order valence-electron chi connectivity index (χ1n) is 30.1. The molecule has 5 aliphatic rings. The number of rotatable bonds is 19. The largest absolute Gasteiger partial charge is 0.462 e. The number of hydrogen-bond acceptors (Lipinski definition) is 20. The molecule has 20 atom stereocenters. The third-order valence-electron chi connectivity index (χ3n) is 17.5. The third kappa shape index (κ3) is 18.4. The van der Waals surface area contributed by atoms with Crippen LogP contribution in [0.1, 0.15) is 126 Å². The minimum Gasteiger partial charge on any atom is -0.462 e. The quantitative estimate of drug-likeness (QED) is 0.0687. The van der Waals surface area contributed by atoms with E-state index < -0.39 is 112 Å². The van der Waals surface area contributed by atoms with E-state index in [0.29, 0.717) is 38.0 Å². The monoisotopic (exact) mass is 1200 g/mol. The van der Waals surface area contributed by atoms with E-state index in [1.807, 2.05) is 94.6 Å². The highest BCUT2D eigenvalue weighted by atomic mass is 32.2. The van der Waals surface area contributed by atoms with Crippen molar-refractivity contribution in [3.05, 3.63) is 66.5 Å². The summed E-state index contributed by atoms with van der Waals surface area (Å²) < 4.78 is 74.7. The molecule has 83 heavy (non-hydrogen) atoms. The van der Waals surface area contributed by atoms with Crippen molar-refractivity contribution in [2.45, 2.75) is 265 Å². The number of aliphatic hydroxyl groups excluding tert-OH is 1. The van der Waals surface area contributed by atoms with Crippen molar-refractivity contribution in [3.63, 3.8) is 0 Å². The Labute approximate surface area is 498 Å². The molecule has 0 aliphatic carbocycles. The average molecular weight is 1200 g/mol. The number of benzene rings is 1. The molecule has 468 valence electrons. The number of nitrogens with one attached hydrogen (secondary N) is 1. The average Bonchev–Trinajstić information content (AvgIpc) is 3.89. The summed E-state index contributed by atoms with van der Waals surface area (Å²) in [5.41, 5.74) is -0.761. The Kier molecular flexibility index (Phi) is 24.5. The highest BCUT2D eigenvalue weighted by Gasteiger charge is 2.54. The molecule has 4 saturated heterocycles. The standard InChI is InChI=1S/C61H99N5O15SSi/c1-37-31-42-32-51(81-83(14,15)60(6,7)8)77-47(33-49(68)72-38(2)23-18-16-21-27-46(37)76-50-30-29-45(62-10)39(3)73-50)57(71-13)56(42)80-59-54(69)53(65(11)12)55(40(4)75-59)79-52-34-61(9,70)58(41(5)74-52)78-48(67)28-22-24-43-35-66(64-63-43)36-82-44-25-19-17-20-26-44/h16-21,25-27,35,37-42,45-47,50-59,62,69-70H,22-24,28-34,36H2,1-15H3/b18-16-,27-21-/t37-,38-,39-,40-,41+,42-,45+,46+,47-,50+,51?,52+,53-,54-,55-,56+,57+,58+,59+,61-/m1/s1. The first kappa shape index (κ1) is 67.3. The lowest BCUT2D eigenvalue weighted by molar-refractivity contribution is -0.343. The van der Waals surface area contributed by atoms with E-state index in [-0.39, 0.29) is 54.4 Å². The van der Waals surface area contributed by atoms with Crippen LogP contribution in [0, 0.1) is 11.8 Å². The number of ether oxygens (including phenoxy) is 10. The Bertz CT molecular complexity index is 2390. The van der Waals surface area contributed by atoms with Crippen LogP contribution in [0.5, 0.6) is 0 Å². The number of likely N-dealkylation sites (N-methyl/N-ethyl adjacent to an activating group) is 2. The van der Waals surface area contributed by atoms with Gasteiger partial charge in [-0.3, -0.25) is 9.59 Å². The summed E-state index contributed by atoms with van der Waals surface area (Å²) in [5, 5.41) is 36.3. The molecule has 7 rings (SSSR count). The molecule has 6 heterocycles. The Morgan fingerprint density at radius 1 is 0.928 bits per heavy atom. The molecule has 0 amide bonds. The van der Waals surface area contributed by atoms with Gasteiger partial charge in [0.25, 0.3) is 0 Å². The predicted octanol–water partition coefficient (Wildman–Crippen LogP) is 8.08. The van der Waals surface area contributed by atoms with Crippen LogP contribution in [0.15, 0.2) is 65.7 Å². The molecular weight excluding hydrogens is 1100 g/mol. The zero-order valence-corrected chi connectivity index (χ0v) is 53.7. The molecule has 20 nitrogen and oxygen atoms in total. The van der Waals surface area contributed by atoms with Gasteiger partial charge in [0.2, 0.25) is 0 Å². The Morgan fingerprint density at radius 3 is 2.34 bits per heavy atom. The summed E-state index contributed by atoms with van der Waals surface area (Å²) in [6.45, 7) is 22.2. The van der Waals surface area contributed by atoms with Crippen molar-refractivity contribution in [2.75, 3.05) is 28.3 Å². The molecule has 0 radical (unpaired) electrons. The number of nitrogens with zero attached hydrogens (tertiary/aromatic N) is 4. The fourth-order valence-electron chi connectivity index (χ4n) is 11.9. The van der Waals surface area contributed by atoms with Gasteiger partial charge in [-0.2, -0.15) is 0 Å². The number of aromatic nitrogens is 3. The van der Waals surface area contributed by atoms with E-state index in [0.717, 1.165) is 23.4 Å². The van der Waals surface area contributed by atoms with Crippen LogP contribution in [0.2, 0.25) is 18.1 Å². The van der Waals surface area contributed by atoms with Gasteiger partial charge in [0, 0.05) is 49.9 Å². The minimum absolute atomic E-state index is 0.0322. The van der Waals surface area contributed by atoms with Crippen molar-refractivity contribution in [1.29, 1.82) is 0 Å². The molecule has 0 saturated carbocycles. The lowest BCUT2D eigenvalue weighted by Gasteiger charge is -2.50. The van der Waals surface area contributed by atoms with Crippen LogP contribution in [-0.2, 0) is 73.7 Å². The van der Waals surface area contributed by atoms with Crippen molar-refractivity contribution >= 4 is 32.0 Å². The molecule has 2 bridgehead atoms. The van der Waals surface area contributed by atoms with Crippen LogP contribution in [0.25, 0.3) is 0 Å². The molecule has 2 aromatic rings. The van der Waals surface area contributed by atoms with E-state index in [1.165, 1.54) is 0 Å². The number of fused-ring (bicyclic) bond motifs is 3. The fourth-order valence-corrected chi connectivity index (χ4v) is 13.8. The minimum atomic E-state index is -2.50. The van der Waals surface area contributed by atoms with Gasteiger partial charge in [-0.15, -0.1) is 16.9 Å². The van der Waals surface area contributed by atoms with Crippen molar-refractivity contribution in [3.8, 4) is 0 Å². The molecular formula is C61H99N5O15SSi. The third-order valence-corrected chi connectivity index (χ3v) is 22.9. The van der Waals surface area contributed by atoms with Crippen molar-refractivity contribution in [1.82, 2.24) is 25.2 Å². The topological polar surface area (TPSA) is 222 Å². The maximum absolute atomic E-state index is 14.0. The van der Waals surface area contributed by atoms with E-state index in [2.05, 4.69) is 69.4 Å². The highest BCUT2D eigenvalue weighted by molar-refractivity contribution is 7.98. The molecule has 4 fully saturated rings. The van der Waals surface area contributed by atoms with Gasteiger partial charge in [0.1, 0.15) is 36.3 Å². The van der Waals surface area contributed by atoms with Crippen LogP contribution < -0.4 is 5.32 Å². The summed E-state index contributed by atoms with van der Waals surface area (Å²) in [5.74, 6) is -0.776. The van der Waals surface area contributed by atoms with Gasteiger partial charge < -0.3 is 72.2 Å². The SMILES string of the molecule is CN[C@H]1CC[C@H](O[C@H]2/C=C\C=C/C[C@@H](C)OC(=O)C[C@H]3OC(O[Si](C)(C)C(C)(C)C)C[C@@H](C[C@H]2C)[C@H](O[C@@H]2O[C@H](C)[C@@H](O[C@H]4C[C@@](C)(O)[C@@H](OC(=O)CCCc5cn(CSc6ccccc6)nn5)[C@H](C)O4)[C@H](N(C)C)[C@H]2O)[C@H]3OC)O[C@@H]1C. The normalized spacial score (nSPS) is 37.9. The summed E-state index contributed by atoms with van der Waals surface area (Å²) in [6.07, 6.45) is 2.60. The summed E-state index contributed by atoms with van der Waals surface area (Å²) in [7, 11) is 4.74. The molecule has 1 aromatic heterocycles. The Hall–Kier alpha value is -3.17. The van der Waals surface area contributed by atoms with Crippen molar-refractivity contribution < 1.29 is 71.6 Å². The number of methoxy groups -OCH3 is 1. The lowest BCUT2D eigenvalue weighted by Crippen LogP contribution is -2.65. The number of carbonyl (C=O) groups excluding carboxylic acids is 2. The number of cyclic esters (lactones) is 1. The number of aliphatic hydroxyl groups is 2. The maximum atomic E-state index is 14.0.